The summed E-state index contributed by atoms with van der Waals surface area (Å²) in [6.07, 6.45) is 1.72. The molecule has 1 aliphatic heterocycles. The summed E-state index contributed by atoms with van der Waals surface area (Å²) < 4.78 is 5.31. The minimum Gasteiger partial charge on any atom is -0.388 e. The van der Waals surface area contributed by atoms with Crippen molar-refractivity contribution < 1.29 is 4.74 Å². The molecule has 0 radical (unpaired) electrons. The Bertz CT molecular complexity index is 377. The van der Waals surface area contributed by atoms with Crippen LogP contribution in [0.5, 0.6) is 0 Å². The Labute approximate surface area is 100 Å². The van der Waals surface area contributed by atoms with Gasteiger partial charge < -0.3 is 10.5 Å². The normalized spacial score (nSPS) is 17.2. The highest BCUT2D eigenvalue weighted by molar-refractivity contribution is 7.80. The fourth-order valence-electron chi connectivity index (χ4n) is 1.79. The molecule has 1 fully saturated rings. The maximum atomic E-state index is 5.65. The van der Waals surface area contributed by atoms with Crippen molar-refractivity contribution in [3.05, 3.63) is 29.6 Å². The summed E-state index contributed by atoms with van der Waals surface area (Å²) in [4.78, 5) is 6.91. The van der Waals surface area contributed by atoms with Crippen LogP contribution >= 0.6 is 12.2 Å². The van der Waals surface area contributed by atoms with Gasteiger partial charge in [0.05, 0.1) is 13.2 Å². The molecule has 0 aromatic carbocycles. The average Bonchev–Trinajstić information content (AvgIpc) is 2.31. The topological polar surface area (TPSA) is 51.4 Å². The molecule has 2 N–H and O–H groups in total. The fraction of sp³-hybridized carbons (Fsp3) is 0.455. The number of thiocarbonyl (C=S) groups is 1. The van der Waals surface area contributed by atoms with E-state index in [0.717, 1.165) is 44.1 Å². The Morgan fingerprint density at radius 3 is 2.94 bits per heavy atom. The number of nitrogens with two attached hydrogens (primary N) is 1. The molecule has 86 valence electrons. The summed E-state index contributed by atoms with van der Waals surface area (Å²) in [5.41, 5.74) is 7.48. The standard InChI is InChI=1S/C11H15N3OS/c12-11(16)10-9(2-1-3-13-10)8-14-4-6-15-7-5-14/h1-3H,4-8H2,(H2,12,16). The van der Waals surface area contributed by atoms with Crippen LogP contribution in [-0.4, -0.2) is 41.2 Å². The van der Waals surface area contributed by atoms with E-state index in [1.54, 1.807) is 6.20 Å². The number of pyridine rings is 1. The van der Waals surface area contributed by atoms with Gasteiger partial charge in [0, 0.05) is 25.8 Å². The third-order valence-corrected chi connectivity index (χ3v) is 2.82. The minimum absolute atomic E-state index is 0.365. The van der Waals surface area contributed by atoms with Gasteiger partial charge in [0.15, 0.2) is 0 Å². The van der Waals surface area contributed by atoms with Crippen LogP contribution in [0.25, 0.3) is 0 Å². The quantitative estimate of drug-likeness (QED) is 0.778. The zero-order valence-electron chi connectivity index (χ0n) is 9.06. The second kappa shape index (κ2) is 5.34. The zero-order chi connectivity index (χ0) is 11.4. The van der Waals surface area contributed by atoms with Crippen LogP contribution in [0.1, 0.15) is 11.3 Å². The number of hydrogen-bond donors (Lipinski definition) is 1. The summed E-state index contributed by atoms with van der Waals surface area (Å²) >= 11 is 4.99. The van der Waals surface area contributed by atoms with Crippen LogP contribution in [0.4, 0.5) is 0 Å². The van der Waals surface area contributed by atoms with Crippen molar-refractivity contribution >= 4 is 17.2 Å². The molecule has 0 amide bonds. The molecule has 0 atom stereocenters. The van der Waals surface area contributed by atoms with E-state index in [9.17, 15) is 0 Å². The maximum Gasteiger partial charge on any atom is 0.123 e. The summed E-state index contributed by atoms with van der Waals surface area (Å²) in [5.74, 6) is 0. The number of nitrogens with zero attached hydrogens (tertiary/aromatic N) is 2. The minimum atomic E-state index is 0.365. The Hall–Kier alpha value is -1.04. The highest BCUT2D eigenvalue weighted by atomic mass is 32.1. The third-order valence-electron chi connectivity index (χ3n) is 2.62. The number of rotatable bonds is 3. The Morgan fingerprint density at radius 1 is 1.50 bits per heavy atom. The van der Waals surface area contributed by atoms with Gasteiger partial charge in [-0.2, -0.15) is 0 Å². The molecule has 4 nitrogen and oxygen atoms in total. The van der Waals surface area contributed by atoms with Crippen molar-refractivity contribution in [1.82, 2.24) is 9.88 Å². The lowest BCUT2D eigenvalue weighted by molar-refractivity contribution is 0.0341. The molecule has 0 spiro atoms. The molecule has 0 bridgehead atoms. The van der Waals surface area contributed by atoms with E-state index in [0.29, 0.717) is 4.99 Å². The fourth-order valence-corrected chi connectivity index (χ4v) is 1.97. The van der Waals surface area contributed by atoms with E-state index in [4.69, 9.17) is 22.7 Å². The summed E-state index contributed by atoms with van der Waals surface area (Å²) in [5, 5.41) is 0. The van der Waals surface area contributed by atoms with Crippen molar-refractivity contribution in [1.29, 1.82) is 0 Å². The van der Waals surface area contributed by atoms with Crippen molar-refractivity contribution in [3.8, 4) is 0 Å². The lowest BCUT2D eigenvalue weighted by Crippen LogP contribution is -2.36. The molecular weight excluding hydrogens is 222 g/mol. The Balaban J connectivity index is 2.10. The van der Waals surface area contributed by atoms with Crippen molar-refractivity contribution in [2.75, 3.05) is 26.3 Å². The molecule has 5 heteroatoms. The van der Waals surface area contributed by atoms with E-state index >= 15 is 0 Å². The molecule has 0 saturated carbocycles. The smallest absolute Gasteiger partial charge is 0.123 e. The van der Waals surface area contributed by atoms with Crippen molar-refractivity contribution in [2.24, 2.45) is 5.73 Å². The van der Waals surface area contributed by atoms with E-state index in [2.05, 4.69) is 9.88 Å². The van der Waals surface area contributed by atoms with Crippen LogP contribution in [0.15, 0.2) is 18.3 Å². The van der Waals surface area contributed by atoms with Crippen LogP contribution < -0.4 is 5.73 Å². The molecule has 2 heterocycles. The van der Waals surface area contributed by atoms with Gasteiger partial charge in [0.25, 0.3) is 0 Å². The average molecular weight is 237 g/mol. The summed E-state index contributed by atoms with van der Waals surface area (Å²) in [6, 6.07) is 3.94. The predicted octanol–water partition coefficient (Wildman–Crippen LogP) is 0.548. The third kappa shape index (κ3) is 2.75. The zero-order valence-corrected chi connectivity index (χ0v) is 9.87. The van der Waals surface area contributed by atoms with Gasteiger partial charge in [-0.3, -0.25) is 9.88 Å². The highest BCUT2D eigenvalue weighted by Gasteiger charge is 2.13. The summed E-state index contributed by atoms with van der Waals surface area (Å²) in [7, 11) is 0. The van der Waals surface area contributed by atoms with Crippen LogP contribution in [0.3, 0.4) is 0 Å². The number of aromatic nitrogens is 1. The molecule has 1 aromatic rings. The maximum absolute atomic E-state index is 5.65. The molecule has 2 rings (SSSR count). The van der Waals surface area contributed by atoms with E-state index in [1.165, 1.54) is 0 Å². The summed E-state index contributed by atoms with van der Waals surface area (Å²) in [6.45, 7) is 4.33. The number of morpholine rings is 1. The lowest BCUT2D eigenvalue weighted by atomic mass is 10.1. The Kier molecular flexibility index (Phi) is 3.82. The van der Waals surface area contributed by atoms with Crippen LogP contribution in [0, 0.1) is 0 Å². The second-order valence-electron chi connectivity index (χ2n) is 3.76. The van der Waals surface area contributed by atoms with Crippen LogP contribution in [-0.2, 0) is 11.3 Å². The predicted molar refractivity (Wildman–Crippen MR) is 66.2 cm³/mol. The highest BCUT2D eigenvalue weighted by Crippen LogP contribution is 2.10. The first-order valence-corrected chi connectivity index (χ1v) is 5.72. The van der Waals surface area contributed by atoms with Crippen LogP contribution in [0.2, 0.25) is 0 Å². The van der Waals surface area contributed by atoms with Gasteiger partial charge in [-0.1, -0.05) is 18.3 Å². The van der Waals surface area contributed by atoms with E-state index < -0.39 is 0 Å². The Morgan fingerprint density at radius 2 is 2.25 bits per heavy atom. The first kappa shape index (κ1) is 11.4. The van der Waals surface area contributed by atoms with Gasteiger partial charge in [-0.05, 0) is 11.6 Å². The molecule has 16 heavy (non-hydrogen) atoms. The molecule has 1 aliphatic rings. The van der Waals surface area contributed by atoms with Gasteiger partial charge in [0.2, 0.25) is 0 Å². The lowest BCUT2D eigenvalue weighted by Gasteiger charge is -2.27. The number of hydrogen-bond acceptors (Lipinski definition) is 4. The molecule has 0 unspecified atom stereocenters. The van der Waals surface area contributed by atoms with E-state index in [-0.39, 0.29) is 0 Å². The van der Waals surface area contributed by atoms with Gasteiger partial charge in [-0.15, -0.1) is 0 Å². The first-order valence-electron chi connectivity index (χ1n) is 5.31. The molecule has 0 aliphatic carbocycles. The second-order valence-corrected chi connectivity index (χ2v) is 4.20. The van der Waals surface area contributed by atoms with Gasteiger partial charge >= 0.3 is 0 Å². The molecule has 1 saturated heterocycles. The molecule has 1 aromatic heterocycles. The first-order chi connectivity index (χ1) is 7.77. The van der Waals surface area contributed by atoms with Crippen molar-refractivity contribution in [3.63, 3.8) is 0 Å². The monoisotopic (exact) mass is 237 g/mol. The van der Waals surface area contributed by atoms with E-state index in [1.807, 2.05) is 12.1 Å². The molecular formula is C11H15N3OS. The largest absolute Gasteiger partial charge is 0.388 e. The van der Waals surface area contributed by atoms with Gasteiger partial charge in [-0.25, -0.2) is 0 Å². The van der Waals surface area contributed by atoms with Gasteiger partial charge in [0.1, 0.15) is 10.7 Å². The SMILES string of the molecule is NC(=S)c1ncccc1CN1CCOCC1. The van der Waals surface area contributed by atoms with Crippen molar-refractivity contribution in [2.45, 2.75) is 6.54 Å². The number of ether oxygens (including phenoxy) is 1.